The van der Waals surface area contributed by atoms with Crippen LogP contribution in [0.1, 0.15) is 37.1 Å². The second-order valence-corrected chi connectivity index (χ2v) is 5.35. The zero-order valence-electron chi connectivity index (χ0n) is 9.98. The van der Waals surface area contributed by atoms with Crippen molar-refractivity contribution in [2.75, 3.05) is 19.1 Å². The SMILES string of the molecule is COCc1nnc(N(C)C2CCCCC2)s1. The van der Waals surface area contributed by atoms with E-state index in [0.717, 1.165) is 10.1 Å². The second kappa shape index (κ2) is 5.59. The standard InChI is InChI=1S/C11H19N3OS/c1-14(9-6-4-3-5-7-9)11-13-12-10(16-11)8-15-2/h9H,3-8H2,1-2H3. The Hall–Kier alpha value is -0.680. The maximum absolute atomic E-state index is 5.06. The van der Waals surface area contributed by atoms with Gasteiger partial charge < -0.3 is 9.64 Å². The molecule has 16 heavy (non-hydrogen) atoms. The quantitative estimate of drug-likeness (QED) is 0.811. The zero-order valence-corrected chi connectivity index (χ0v) is 10.8. The van der Waals surface area contributed by atoms with Crippen LogP contribution in [0.15, 0.2) is 0 Å². The largest absolute Gasteiger partial charge is 0.377 e. The van der Waals surface area contributed by atoms with Crippen LogP contribution < -0.4 is 4.90 Å². The normalized spacial score (nSPS) is 17.6. The molecule has 5 heteroatoms. The molecule has 1 aliphatic carbocycles. The summed E-state index contributed by atoms with van der Waals surface area (Å²) in [5.41, 5.74) is 0. The highest BCUT2D eigenvalue weighted by molar-refractivity contribution is 7.15. The number of anilines is 1. The summed E-state index contributed by atoms with van der Waals surface area (Å²) in [7, 11) is 3.82. The Kier molecular flexibility index (Phi) is 4.12. The Morgan fingerprint density at radius 3 is 2.75 bits per heavy atom. The molecule has 0 amide bonds. The minimum Gasteiger partial charge on any atom is -0.377 e. The summed E-state index contributed by atoms with van der Waals surface area (Å²) in [6.07, 6.45) is 6.65. The van der Waals surface area contributed by atoms with E-state index < -0.39 is 0 Å². The molecular weight excluding hydrogens is 222 g/mol. The van der Waals surface area contributed by atoms with Gasteiger partial charge in [0.1, 0.15) is 11.6 Å². The summed E-state index contributed by atoms with van der Waals surface area (Å²) in [6.45, 7) is 0.566. The van der Waals surface area contributed by atoms with E-state index in [-0.39, 0.29) is 0 Å². The highest BCUT2D eigenvalue weighted by atomic mass is 32.1. The zero-order chi connectivity index (χ0) is 11.4. The van der Waals surface area contributed by atoms with Gasteiger partial charge in [-0.25, -0.2) is 0 Å². The highest BCUT2D eigenvalue weighted by Crippen LogP contribution is 2.28. The molecule has 1 heterocycles. The Bertz CT molecular complexity index is 323. The Morgan fingerprint density at radius 2 is 2.06 bits per heavy atom. The summed E-state index contributed by atoms with van der Waals surface area (Å²) in [4.78, 5) is 2.29. The minimum absolute atomic E-state index is 0.566. The third kappa shape index (κ3) is 2.71. The number of methoxy groups -OCH3 is 1. The first-order valence-corrected chi connectivity index (χ1v) is 6.67. The lowest BCUT2D eigenvalue weighted by atomic mass is 9.95. The van der Waals surface area contributed by atoms with Gasteiger partial charge in [-0.15, -0.1) is 10.2 Å². The van der Waals surface area contributed by atoms with Crippen LogP contribution in [-0.2, 0) is 11.3 Å². The summed E-state index contributed by atoms with van der Waals surface area (Å²) < 4.78 is 5.06. The van der Waals surface area contributed by atoms with Gasteiger partial charge >= 0.3 is 0 Å². The monoisotopic (exact) mass is 241 g/mol. The Morgan fingerprint density at radius 1 is 1.31 bits per heavy atom. The molecule has 0 unspecified atom stereocenters. The number of aromatic nitrogens is 2. The van der Waals surface area contributed by atoms with Crippen LogP contribution in [-0.4, -0.2) is 30.4 Å². The molecule has 2 rings (SSSR count). The van der Waals surface area contributed by atoms with Crippen molar-refractivity contribution in [3.8, 4) is 0 Å². The number of hydrogen-bond acceptors (Lipinski definition) is 5. The van der Waals surface area contributed by atoms with Gasteiger partial charge in [-0.3, -0.25) is 0 Å². The summed E-state index contributed by atoms with van der Waals surface area (Å²) in [6, 6.07) is 0.650. The van der Waals surface area contributed by atoms with Gasteiger partial charge in [-0.2, -0.15) is 0 Å². The lowest BCUT2D eigenvalue weighted by Crippen LogP contribution is -2.33. The molecule has 0 atom stereocenters. The fourth-order valence-corrected chi connectivity index (χ4v) is 3.04. The van der Waals surface area contributed by atoms with Crippen molar-refractivity contribution < 1.29 is 4.74 Å². The number of hydrogen-bond donors (Lipinski definition) is 0. The first kappa shape index (κ1) is 11.8. The minimum atomic E-state index is 0.566. The fraction of sp³-hybridized carbons (Fsp3) is 0.818. The van der Waals surface area contributed by atoms with E-state index in [1.54, 1.807) is 18.4 Å². The summed E-state index contributed by atoms with van der Waals surface area (Å²) >= 11 is 1.64. The van der Waals surface area contributed by atoms with Crippen molar-refractivity contribution in [3.63, 3.8) is 0 Å². The average Bonchev–Trinajstić information content (AvgIpc) is 2.78. The first-order valence-electron chi connectivity index (χ1n) is 5.85. The molecule has 0 aliphatic heterocycles. The predicted molar refractivity (Wildman–Crippen MR) is 65.9 cm³/mol. The van der Waals surface area contributed by atoms with Crippen LogP contribution in [0.2, 0.25) is 0 Å². The molecule has 1 aromatic heterocycles. The van der Waals surface area contributed by atoms with Crippen molar-refractivity contribution in [2.24, 2.45) is 0 Å². The van der Waals surface area contributed by atoms with E-state index in [4.69, 9.17) is 4.74 Å². The second-order valence-electron chi connectivity index (χ2n) is 4.31. The lowest BCUT2D eigenvalue weighted by molar-refractivity contribution is 0.184. The molecule has 1 aromatic rings. The molecular formula is C11H19N3OS. The Balaban J connectivity index is 1.98. The van der Waals surface area contributed by atoms with E-state index in [1.165, 1.54) is 32.1 Å². The topological polar surface area (TPSA) is 38.3 Å². The average molecular weight is 241 g/mol. The van der Waals surface area contributed by atoms with E-state index >= 15 is 0 Å². The molecule has 0 radical (unpaired) electrons. The van der Waals surface area contributed by atoms with Gasteiger partial charge in [0.05, 0.1) is 0 Å². The van der Waals surface area contributed by atoms with E-state index in [2.05, 4.69) is 22.1 Å². The van der Waals surface area contributed by atoms with Gasteiger partial charge in [0.15, 0.2) is 0 Å². The molecule has 90 valence electrons. The predicted octanol–water partition coefficient (Wildman–Crippen LogP) is 2.45. The van der Waals surface area contributed by atoms with Crippen molar-refractivity contribution in [2.45, 2.75) is 44.8 Å². The van der Waals surface area contributed by atoms with Crippen LogP contribution in [0.4, 0.5) is 5.13 Å². The molecule has 1 fully saturated rings. The summed E-state index contributed by atoms with van der Waals surface area (Å²) in [5.74, 6) is 0. The van der Waals surface area contributed by atoms with Crippen molar-refractivity contribution in [3.05, 3.63) is 5.01 Å². The smallest absolute Gasteiger partial charge is 0.208 e. The molecule has 0 bridgehead atoms. The van der Waals surface area contributed by atoms with Crippen molar-refractivity contribution in [1.29, 1.82) is 0 Å². The van der Waals surface area contributed by atoms with Gasteiger partial charge in [-0.1, -0.05) is 30.6 Å². The van der Waals surface area contributed by atoms with Gasteiger partial charge in [0.2, 0.25) is 5.13 Å². The lowest BCUT2D eigenvalue weighted by Gasteiger charge is -2.30. The van der Waals surface area contributed by atoms with E-state index in [9.17, 15) is 0 Å². The van der Waals surface area contributed by atoms with Crippen molar-refractivity contribution in [1.82, 2.24) is 10.2 Å². The molecule has 4 nitrogen and oxygen atoms in total. The summed E-state index contributed by atoms with van der Waals surface area (Å²) in [5, 5.41) is 10.3. The van der Waals surface area contributed by atoms with Gasteiger partial charge in [0, 0.05) is 20.2 Å². The molecule has 1 aliphatic rings. The number of ether oxygens (including phenoxy) is 1. The molecule has 0 aromatic carbocycles. The van der Waals surface area contributed by atoms with Crippen LogP contribution in [0.5, 0.6) is 0 Å². The van der Waals surface area contributed by atoms with Crippen LogP contribution >= 0.6 is 11.3 Å². The van der Waals surface area contributed by atoms with Gasteiger partial charge in [0.25, 0.3) is 0 Å². The van der Waals surface area contributed by atoms with E-state index in [0.29, 0.717) is 12.6 Å². The molecule has 0 spiro atoms. The number of rotatable bonds is 4. The number of nitrogens with zero attached hydrogens (tertiary/aromatic N) is 3. The van der Waals surface area contributed by atoms with Gasteiger partial charge in [-0.05, 0) is 12.8 Å². The third-order valence-electron chi connectivity index (χ3n) is 3.15. The molecule has 0 saturated heterocycles. The fourth-order valence-electron chi connectivity index (χ4n) is 2.19. The molecule has 0 N–H and O–H groups in total. The highest BCUT2D eigenvalue weighted by Gasteiger charge is 2.20. The van der Waals surface area contributed by atoms with Crippen molar-refractivity contribution >= 4 is 16.5 Å². The van der Waals surface area contributed by atoms with Crippen LogP contribution in [0.25, 0.3) is 0 Å². The van der Waals surface area contributed by atoms with E-state index in [1.807, 2.05) is 0 Å². The third-order valence-corrected chi connectivity index (χ3v) is 4.14. The first-order chi connectivity index (χ1) is 7.81. The maximum Gasteiger partial charge on any atom is 0.208 e. The maximum atomic E-state index is 5.06. The molecule has 1 saturated carbocycles. The Labute approximate surface area is 101 Å². The van der Waals surface area contributed by atoms with Crippen LogP contribution in [0, 0.1) is 0 Å². The van der Waals surface area contributed by atoms with Crippen LogP contribution in [0.3, 0.4) is 0 Å².